The van der Waals surface area contributed by atoms with Gasteiger partial charge in [0.1, 0.15) is 5.75 Å². The van der Waals surface area contributed by atoms with Gasteiger partial charge in [-0.25, -0.2) is 0 Å². The molecule has 2 fully saturated rings. The molecule has 2 saturated heterocycles. The largest absolute Gasteiger partial charge is 0.426 e. The number of piperidine rings is 1. The average molecular weight is 420 g/mol. The Bertz CT molecular complexity index is 1060. The number of imide groups is 1. The molecule has 2 aromatic rings. The lowest BCUT2D eigenvalue weighted by Gasteiger charge is -2.25. The first-order chi connectivity index (χ1) is 14.8. The van der Waals surface area contributed by atoms with Crippen molar-refractivity contribution in [3.05, 3.63) is 53.6 Å². The van der Waals surface area contributed by atoms with Gasteiger partial charge in [0.25, 0.3) is 0 Å². The van der Waals surface area contributed by atoms with E-state index < -0.39 is 11.9 Å². The monoisotopic (exact) mass is 420 g/mol. The Kier molecular flexibility index (Phi) is 5.59. The lowest BCUT2D eigenvalue weighted by Crippen LogP contribution is -2.40. The minimum Gasteiger partial charge on any atom is -0.426 e. The lowest BCUT2D eigenvalue weighted by atomic mass is 10.1. The summed E-state index contributed by atoms with van der Waals surface area (Å²) in [5.74, 6) is -1.49. The highest BCUT2D eigenvalue weighted by Crippen LogP contribution is 2.31. The molecule has 0 unspecified atom stereocenters. The summed E-state index contributed by atoms with van der Waals surface area (Å²) < 4.78 is 5.52. The Labute approximate surface area is 180 Å². The molecule has 3 amide bonds. The summed E-state index contributed by atoms with van der Waals surface area (Å²) >= 11 is 0. The number of esters is 1. The van der Waals surface area contributed by atoms with E-state index in [0.717, 1.165) is 21.7 Å². The summed E-state index contributed by atoms with van der Waals surface area (Å²) in [5.41, 5.74) is 3.28. The van der Waals surface area contributed by atoms with E-state index in [4.69, 9.17) is 4.74 Å². The first-order valence-electron chi connectivity index (χ1n) is 10.4. The first kappa shape index (κ1) is 20.8. The minimum absolute atomic E-state index is 0.0784. The second kappa shape index (κ2) is 8.34. The van der Waals surface area contributed by atoms with E-state index in [1.807, 2.05) is 32.0 Å². The predicted molar refractivity (Wildman–Crippen MR) is 115 cm³/mol. The molecule has 7 heteroatoms. The van der Waals surface area contributed by atoms with Crippen LogP contribution in [0.2, 0.25) is 0 Å². The van der Waals surface area contributed by atoms with Crippen LogP contribution in [-0.4, -0.2) is 30.2 Å². The molecule has 2 aliphatic rings. The Morgan fingerprint density at radius 3 is 2.42 bits per heavy atom. The van der Waals surface area contributed by atoms with E-state index >= 15 is 0 Å². The highest BCUT2D eigenvalue weighted by atomic mass is 16.5. The summed E-state index contributed by atoms with van der Waals surface area (Å²) in [7, 11) is 0. The maximum absolute atomic E-state index is 12.8. The van der Waals surface area contributed by atoms with E-state index in [2.05, 4.69) is 0 Å². The maximum Gasteiger partial charge on any atom is 0.316 e. The third-order valence-electron chi connectivity index (χ3n) is 5.90. The zero-order valence-electron chi connectivity index (χ0n) is 17.6. The molecular formula is C24H24N2O5. The van der Waals surface area contributed by atoms with E-state index in [0.29, 0.717) is 24.9 Å². The van der Waals surface area contributed by atoms with Crippen molar-refractivity contribution in [1.82, 2.24) is 0 Å². The average Bonchev–Trinajstić information content (AvgIpc) is 3.12. The van der Waals surface area contributed by atoms with Crippen LogP contribution in [0.3, 0.4) is 0 Å². The molecule has 0 bridgehead atoms. The lowest BCUT2D eigenvalue weighted by molar-refractivity contribution is -0.139. The molecule has 0 N–H and O–H groups in total. The number of carbonyl (C=O) groups excluding carboxylic acids is 4. The fourth-order valence-corrected chi connectivity index (χ4v) is 4.05. The summed E-state index contributed by atoms with van der Waals surface area (Å²) in [4.78, 5) is 52.4. The third kappa shape index (κ3) is 4.08. The van der Waals surface area contributed by atoms with E-state index in [1.165, 1.54) is 6.07 Å². The molecular weight excluding hydrogens is 396 g/mol. The number of ether oxygens (including phenoxy) is 1. The number of nitrogens with zero attached hydrogens (tertiary/aromatic N) is 2. The van der Waals surface area contributed by atoms with E-state index in [1.54, 1.807) is 23.1 Å². The van der Waals surface area contributed by atoms with Gasteiger partial charge in [-0.05, 0) is 49.6 Å². The summed E-state index contributed by atoms with van der Waals surface area (Å²) in [6, 6.07) is 12.1. The van der Waals surface area contributed by atoms with Crippen molar-refractivity contribution in [2.45, 2.75) is 39.5 Å². The summed E-state index contributed by atoms with van der Waals surface area (Å²) in [6.07, 6.45) is 1.26. The zero-order valence-corrected chi connectivity index (χ0v) is 17.6. The van der Waals surface area contributed by atoms with Crippen molar-refractivity contribution in [3.8, 4) is 5.75 Å². The van der Waals surface area contributed by atoms with Crippen LogP contribution in [0.5, 0.6) is 5.75 Å². The number of rotatable bonds is 4. The highest BCUT2D eigenvalue weighted by molar-refractivity contribution is 6.16. The number of hydrogen-bond donors (Lipinski definition) is 0. The van der Waals surface area contributed by atoms with E-state index in [-0.39, 0.29) is 36.4 Å². The van der Waals surface area contributed by atoms with Crippen molar-refractivity contribution in [2.75, 3.05) is 16.3 Å². The van der Waals surface area contributed by atoms with Crippen molar-refractivity contribution in [3.63, 3.8) is 0 Å². The second-order valence-corrected chi connectivity index (χ2v) is 8.02. The van der Waals surface area contributed by atoms with Crippen LogP contribution in [0.1, 0.15) is 36.8 Å². The minimum atomic E-state index is -0.589. The predicted octanol–water partition coefficient (Wildman–Crippen LogP) is 3.31. The molecule has 0 aliphatic carbocycles. The standard InChI is InChI=1S/C24H24N2O5/c1-15-6-3-9-20(16(15)2)25-14-17(12-23(25)29)24(30)31-19-8-4-7-18(13-19)26-21(27)10-5-11-22(26)28/h3-4,6-9,13,17H,5,10-12,14H2,1-2H3/t17-/m0/s1. The van der Waals surface area contributed by atoms with Gasteiger partial charge in [0, 0.05) is 37.6 Å². The fourth-order valence-electron chi connectivity index (χ4n) is 4.05. The van der Waals surface area contributed by atoms with Crippen LogP contribution in [0.4, 0.5) is 11.4 Å². The number of anilines is 2. The molecule has 0 radical (unpaired) electrons. The SMILES string of the molecule is Cc1cccc(N2C[C@@H](C(=O)Oc3cccc(N4C(=O)CCCC4=O)c3)CC2=O)c1C. The molecule has 0 aromatic heterocycles. The van der Waals surface area contributed by atoms with Gasteiger partial charge >= 0.3 is 5.97 Å². The number of benzene rings is 2. The number of hydrogen-bond acceptors (Lipinski definition) is 5. The first-order valence-corrected chi connectivity index (χ1v) is 10.4. The smallest absolute Gasteiger partial charge is 0.316 e. The molecule has 4 rings (SSSR count). The Hall–Kier alpha value is -3.48. The topological polar surface area (TPSA) is 84.0 Å². The highest BCUT2D eigenvalue weighted by Gasteiger charge is 2.37. The van der Waals surface area contributed by atoms with Crippen LogP contribution in [-0.2, 0) is 19.2 Å². The van der Waals surface area contributed by atoms with Crippen LogP contribution in [0, 0.1) is 19.8 Å². The van der Waals surface area contributed by atoms with Crippen LogP contribution >= 0.6 is 0 Å². The van der Waals surface area contributed by atoms with Crippen molar-refractivity contribution >= 4 is 35.1 Å². The van der Waals surface area contributed by atoms with Gasteiger partial charge in [0.15, 0.2) is 0 Å². The molecule has 160 valence electrons. The van der Waals surface area contributed by atoms with Crippen LogP contribution in [0.15, 0.2) is 42.5 Å². The Balaban J connectivity index is 1.48. The van der Waals surface area contributed by atoms with Crippen molar-refractivity contribution < 1.29 is 23.9 Å². The molecule has 2 heterocycles. The quantitative estimate of drug-likeness (QED) is 0.431. The molecule has 31 heavy (non-hydrogen) atoms. The van der Waals surface area contributed by atoms with Crippen LogP contribution in [0.25, 0.3) is 0 Å². The van der Waals surface area contributed by atoms with E-state index in [9.17, 15) is 19.2 Å². The van der Waals surface area contributed by atoms with Gasteiger partial charge in [0.2, 0.25) is 17.7 Å². The molecule has 0 spiro atoms. The van der Waals surface area contributed by atoms with Crippen molar-refractivity contribution in [1.29, 1.82) is 0 Å². The fraction of sp³-hybridized carbons (Fsp3) is 0.333. The summed E-state index contributed by atoms with van der Waals surface area (Å²) in [6.45, 7) is 4.19. The molecule has 2 aromatic carbocycles. The van der Waals surface area contributed by atoms with Gasteiger partial charge in [-0.3, -0.25) is 24.1 Å². The van der Waals surface area contributed by atoms with Gasteiger partial charge in [-0.15, -0.1) is 0 Å². The normalized spacial score (nSPS) is 19.2. The van der Waals surface area contributed by atoms with Gasteiger partial charge < -0.3 is 9.64 Å². The molecule has 2 aliphatic heterocycles. The number of aryl methyl sites for hydroxylation is 1. The number of amides is 3. The Morgan fingerprint density at radius 1 is 0.968 bits per heavy atom. The van der Waals surface area contributed by atoms with Gasteiger partial charge in [-0.1, -0.05) is 18.2 Å². The molecule has 7 nitrogen and oxygen atoms in total. The molecule has 1 atom stereocenters. The maximum atomic E-state index is 12.8. The zero-order chi connectivity index (χ0) is 22.1. The second-order valence-electron chi connectivity index (χ2n) is 8.02. The van der Waals surface area contributed by atoms with Crippen molar-refractivity contribution in [2.24, 2.45) is 5.92 Å². The van der Waals surface area contributed by atoms with Gasteiger partial charge in [-0.2, -0.15) is 0 Å². The Morgan fingerprint density at radius 2 is 1.68 bits per heavy atom. The summed E-state index contributed by atoms with van der Waals surface area (Å²) in [5, 5.41) is 0. The van der Waals surface area contributed by atoms with Gasteiger partial charge in [0.05, 0.1) is 11.6 Å². The third-order valence-corrected chi connectivity index (χ3v) is 5.90. The van der Waals surface area contributed by atoms with Crippen LogP contribution < -0.4 is 14.5 Å². The molecule has 0 saturated carbocycles. The number of carbonyl (C=O) groups is 4.